The van der Waals surface area contributed by atoms with Crippen molar-refractivity contribution >= 4 is 46.2 Å². The molecule has 2 amide bonds. The number of hydrogen-bond donors (Lipinski definition) is 0. The number of anilines is 1. The zero-order valence-electron chi connectivity index (χ0n) is 23.5. The first kappa shape index (κ1) is 26.2. The minimum atomic E-state index is -1.97. The number of pyridine rings is 1. The number of ketones is 1. The van der Waals surface area contributed by atoms with Crippen LogP contribution in [0.15, 0.2) is 12.1 Å². The van der Waals surface area contributed by atoms with Crippen LogP contribution in [0.2, 0.25) is 0 Å². The zero-order valence-corrected chi connectivity index (χ0v) is 23.5. The minimum absolute atomic E-state index is 0.0280. The molecule has 4 aliphatic rings. The van der Waals surface area contributed by atoms with Crippen LogP contribution in [0.5, 0.6) is 11.5 Å². The van der Waals surface area contributed by atoms with Crippen LogP contribution >= 0.6 is 0 Å². The summed E-state index contributed by atoms with van der Waals surface area (Å²) in [7, 11) is 4.01. The van der Waals surface area contributed by atoms with E-state index in [2.05, 4.69) is 13.0 Å². The Kier molecular flexibility index (Phi) is 5.58. The highest BCUT2D eigenvalue weighted by atomic mass is 16.6. The molecule has 2 aromatic rings. The lowest BCUT2D eigenvalue weighted by molar-refractivity contribution is -0.145. The predicted molar refractivity (Wildman–Crippen MR) is 143 cm³/mol. The van der Waals surface area contributed by atoms with Crippen LogP contribution in [0, 0.1) is 5.41 Å². The first-order chi connectivity index (χ1) is 19.0. The largest absolute Gasteiger partial charge is 0.491 e. The van der Waals surface area contributed by atoms with Gasteiger partial charge < -0.3 is 23.8 Å². The van der Waals surface area contributed by atoms with Gasteiger partial charge in [-0.15, -0.1) is 0 Å². The Morgan fingerprint density at radius 3 is 2.40 bits per heavy atom. The summed E-state index contributed by atoms with van der Waals surface area (Å²) < 4.78 is 22.5. The van der Waals surface area contributed by atoms with E-state index in [4.69, 9.17) is 23.9 Å². The lowest BCUT2D eigenvalue weighted by Crippen LogP contribution is -2.56. The first-order valence-corrected chi connectivity index (χ1v) is 13.2. The average Bonchev–Trinajstić information content (AvgIpc) is 3.69. The predicted octanol–water partition coefficient (Wildman–Crippen LogP) is 2.83. The molecule has 0 saturated carbocycles. The average molecular weight is 550 g/mol. The molecule has 1 aromatic carbocycles. The van der Waals surface area contributed by atoms with Gasteiger partial charge in [-0.25, -0.2) is 9.78 Å². The summed E-state index contributed by atoms with van der Waals surface area (Å²) in [6.07, 6.45) is 4.68. The van der Waals surface area contributed by atoms with Gasteiger partial charge in [-0.1, -0.05) is 13.0 Å². The van der Waals surface area contributed by atoms with E-state index < -0.39 is 28.6 Å². The molecular formula is C29H31N3O8. The maximum Gasteiger partial charge on any atom is 0.340 e. The van der Waals surface area contributed by atoms with Crippen molar-refractivity contribution in [3.8, 4) is 11.5 Å². The van der Waals surface area contributed by atoms with Gasteiger partial charge in [0.15, 0.2) is 11.5 Å². The third-order valence-corrected chi connectivity index (χ3v) is 9.04. The number of Topliss-reactive ketones (excluding diaryl/α,β-unsaturated/α-hetero) is 1. The molecule has 2 unspecified atom stereocenters. The minimum Gasteiger partial charge on any atom is -0.491 e. The number of rotatable bonds is 4. The molecule has 4 heterocycles. The van der Waals surface area contributed by atoms with Crippen LogP contribution in [0.1, 0.15) is 61.8 Å². The molecule has 2 saturated heterocycles. The fraction of sp³-hybridized carbons (Fsp3) is 0.483. The molecule has 0 spiro atoms. The van der Waals surface area contributed by atoms with Crippen molar-refractivity contribution in [1.82, 2.24) is 9.88 Å². The summed E-state index contributed by atoms with van der Waals surface area (Å²) in [5.74, 6) is -1.83. The molecule has 11 nitrogen and oxygen atoms in total. The zero-order chi connectivity index (χ0) is 28.9. The molecule has 6 rings (SSSR count). The number of methoxy groups -OCH3 is 3. The topological polar surface area (TPSA) is 128 Å². The highest BCUT2D eigenvalue weighted by Gasteiger charge is 2.64. The summed E-state index contributed by atoms with van der Waals surface area (Å²) in [5.41, 5.74) is -0.502. The second-order valence-corrected chi connectivity index (χ2v) is 10.9. The fourth-order valence-electron chi connectivity index (χ4n) is 7.16. The van der Waals surface area contributed by atoms with Crippen LogP contribution in [0.4, 0.5) is 5.69 Å². The van der Waals surface area contributed by atoms with Gasteiger partial charge in [0.05, 0.1) is 51.3 Å². The molecule has 2 fully saturated rings. The molecule has 1 aliphatic carbocycles. The normalized spacial score (nSPS) is 29.4. The van der Waals surface area contributed by atoms with Crippen LogP contribution in [0.3, 0.4) is 0 Å². The lowest BCUT2D eigenvalue weighted by Gasteiger charge is -2.48. The van der Waals surface area contributed by atoms with E-state index in [1.54, 1.807) is 0 Å². The molecule has 0 N–H and O–H groups in total. The quantitative estimate of drug-likeness (QED) is 0.321. The Labute approximate surface area is 231 Å². The number of benzene rings is 1. The number of carbonyl (C=O) groups is 4. The number of amides is 2. The van der Waals surface area contributed by atoms with Crippen LogP contribution in [0.25, 0.3) is 17.0 Å². The van der Waals surface area contributed by atoms with E-state index in [1.165, 1.54) is 42.1 Å². The highest BCUT2D eigenvalue weighted by Crippen LogP contribution is 2.60. The van der Waals surface area contributed by atoms with Crippen molar-refractivity contribution in [3.63, 3.8) is 0 Å². The number of ether oxygens (including phenoxy) is 4. The van der Waals surface area contributed by atoms with Gasteiger partial charge in [-0.05, 0) is 25.5 Å². The Hall–Kier alpha value is -3.99. The number of carbonyl (C=O) groups excluding carboxylic acids is 4. The monoisotopic (exact) mass is 549 g/mol. The van der Waals surface area contributed by atoms with Crippen molar-refractivity contribution in [2.45, 2.75) is 57.9 Å². The third-order valence-electron chi connectivity index (χ3n) is 9.04. The number of fused-ring (bicyclic) bond motifs is 8. The second-order valence-electron chi connectivity index (χ2n) is 10.9. The summed E-state index contributed by atoms with van der Waals surface area (Å²) >= 11 is 0. The molecule has 11 heteroatoms. The molecule has 40 heavy (non-hydrogen) atoms. The molecule has 5 atom stereocenters. The van der Waals surface area contributed by atoms with Crippen molar-refractivity contribution in [3.05, 3.63) is 29.0 Å². The summed E-state index contributed by atoms with van der Waals surface area (Å²) in [6.45, 7) is 6.70. The van der Waals surface area contributed by atoms with E-state index in [9.17, 15) is 19.2 Å². The van der Waals surface area contributed by atoms with Gasteiger partial charge in [-0.3, -0.25) is 19.3 Å². The van der Waals surface area contributed by atoms with E-state index >= 15 is 0 Å². The second kappa shape index (κ2) is 8.50. The SMILES string of the molecule is CC[C@@]12C=Cc3nc4c(OC)c(OC)c5c(c4cc3C1N(C(C)=O)CC1O[C@@H]12)C(=O)[C@](C)(C(=O)OC)N5C(C)=O. The first-order valence-electron chi connectivity index (χ1n) is 13.2. The maximum atomic E-state index is 14.2. The Balaban J connectivity index is 1.71. The van der Waals surface area contributed by atoms with Gasteiger partial charge >= 0.3 is 5.97 Å². The Morgan fingerprint density at radius 2 is 1.82 bits per heavy atom. The number of esters is 1. The van der Waals surface area contributed by atoms with E-state index in [-0.39, 0.29) is 46.9 Å². The number of likely N-dealkylation sites (tertiary alicyclic amines) is 1. The number of epoxide rings is 1. The van der Waals surface area contributed by atoms with Crippen LogP contribution in [-0.2, 0) is 23.9 Å². The number of aromatic nitrogens is 1. The lowest BCUT2D eigenvalue weighted by atomic mass is 9.65. The van der Waals surface area contributed by atoms with Gasteiger partial charge in [-0.2, -0.15) is 0 Å². The van der Waals surface area contributed by atoms with Crippen molar-refractivity contribution < 1.29 is 38.1 Å². The maximum absolute atomic E-state index is 14.2. The van der Waals surface area contributed by atoms with Gasteiger partial charge in [0.25, 0.3) is 0 Å². The molecule has 1 aromatic heterocycles. The molecule has 0 radical (unpaired) electrons. The van der Waals surface area contributed by atoms with Gasteiger partial charge in [0.2, 0.25) is 23.1 Å². The van der Waals surface area contributed by atoms with Crippen molar-refractivity contribution in [2.75, 3.05) is 32.8 Å². The van der Waals surface area contributed by atoms with E-state index in [1.807, 2.05) is 17.0 Å². The molecule has 0 bridgehead atoms. The van der Waals surface area contributed by atoms with E-state index in [0.29, 0.717) is 23.1 Å². The van der Waals surface area contributed by atoms with Gasteiger partial charge in [0.1, 0.15) is 17.3 Å². The Morgan fingerprint density at radius 1 is 1.12 bits per heavy atom. The smallest absolute Gasteiger partial charge is 0.340 e. The molecule has 210 valence electrons. The summed E-state index contributed by atoms with van der Waals surface area (Å²) in [4.78, 5) is 61.1. The van der Waals surface area contributed by atoms with Crippen molar-refractivity contribution in [2.24, 2.45) is 5.41 Å². The number of hydrogen-bond acceptors (Lipinski definition) is 9. The van der Waals surface area contributed by atoms with Crippen molar-refractivity contribution in [1.29, 1.82) is 0 Å². The third kappa shape index (κ3) is 3.01. The fourth-order valence-corrected chi connectivity index (χ4v) is 7.16. The summed E-state index contributed by atoms with van der Waals surface area (Å²) in [6, 6.07) is 1.46. The summed E-state index contributed by atoms with van der Waals surface area (Å²) in [5, 5.41) is 0.387. The number of piperidine rings is 1. The standard InChI is InChI=1S/C29H31N3O8/c1-8-29-10-9-17-15(24(29)31(13(2)33)12-18-26(29)40-18)11-16-19-21(23(38-6)22(37-5)20(16)30-17)32(14(3)34)28(4,25(19)35)27(36)39-7/h9-11,18,24,26H,8,12H2,1-7H3/t18?,24?,26-,28+,29+/m0/s1. The van der Waals surface area contributed by atoms with Crippen LogP contribution < -0.4 is 14.4 Å². The Bertz CT molecular complexity index is 1570. The highest BCUT2D eigenvalue weighted by molar-refractivity contribution is 6.34. The molecular weight excluding hydrogens is 518 g/mol. The van der Waals surface area contributed by atoms with Crippen LogP contribution in [-0.4, -0.2) is 79.1 Å². The van der Waals surface area contributed by atoms with Gasteiger partial charge in [0, 0.05) is 30.2 Å². The number of nitrogens with zero attached hydrogens (tertiary/aromatic N) is 3. The van der Waals surface area contributed by atoms with E-state index in [0.717, 1.165) is 16.9 Å². The molecule has 3 aliphatic heterocycles.